The summed E-state index contributed by atoms with van der Waals surface area (Å²) in [4.78, 5) is 15.9. The number of carbonyl (C=O) groups excluding carboxylic acids is 1. The van der Waals surface area contributed by atoms with Crippen LogP contribution in [0.4, 0.5) is 0 Å². The smallest absolute Gasteiger partial charge is 0.246 e. The van der Waals surface area contributed by atoms with Gasteiger partial charge in [0.15, 0.2) is 0 Å². The van der Waals surface area contributed by atoms with Crippen LogP contribution in [0.25, 0.3) is 0 Å². The standard InChI is InChI=1S/C13H24N2O/c1-6-12(16)15-9-7-8-11(10-15)14(5)13(2,3)4/h6,11H,1,7-10H2,2-5H3/t11-/m0/s1. The first kappa shape index (κ1) is 13.2. The molecule has 0 aromatic rings. The fraction of sp³-hybridized carbons (Fsp3) is 0.769. The monoisotopic (exact) mass is 224 g/mol. The molecule has 0 saturated carbocycles. The molecular formula is C13H24N2O. The number of carbonyl (C=O) groups is 1. The molecular weight excluding hydrogens is 200 g/mol. The van der Waals surface area contributed by atoms with Crippen molar-refractivity contribution in [2.45, 2.75) is 45.2 Å². The van der Waals surface area contributed by atoms with Gasteiger partial charge in [-0.25, -0.2) is 0 Å². The minimum Gasteiger partial charge on any atom is -0.338 e. The number of rotatable bonds is 2. The van der Waals surface area contributed by atoms with Gasteiger partial charge in [0, 0.05) is 24.7 Å². The quantitative estimate of drug-likeness (QED) is 0.669. The van der Waals surface area contributed by atoms with Crippen molar-refractivity contribution in [1.82, 2.24) is 9.80 Å². The Labute approximate surface area is 99.1 Å². The van der Waals surface area contributed by atoms with Gasteiger partial charge in [-0.15, -0.1) is 0 Å². The van der Waals surface area contributed by atoms with Crippen molar-refractivity contribution in [3.63, 3.8) is 0 Å². The second-order valence-corrected chi connectivity index (χ2v) is 5.57. The highest BCUT2D eigenvalue weighted by Gasteiger charge is 2.30. The van der Waals surface area contributed by atoms with E-state index in [1.807, 2.05) is 4.90 Å². The third-order valence-corrected chi connectivity index (χ3v) is 3.49. The summed E-state index contributed by atoms with van der Waals surface area (Å²) in [6, 6.07) is 0.470. The van der Waals surface area contributed by atoms with Gasteiger partial charge < -0.3 is 4.90 Å². The van der Waals surface area contributed by atoms with Crippen LogP contribution in [0.15, 0.2) is 12.7 Å². The van der Waals surface area contributed by atoms with Gasteiger partial charge in [0.25, 0.3) is 0 Å². The SMILES string of the molecule is C=CC(=O)N1CCC[C@H](N(C)C(C)(C)C)C1. The van der Waals surface area contributed by atoms with Gasteiger partial charge in [0.05, 0.1) is 0 Å². The maximum absolute atomic E-state index is 11.6. The van der Waals surface area contributed by atoms with Crippen LogP contribution in [0.1, 0.15) is 33.6 Å². The molecule has 1 aliphatic heterocycles. The van der Waals surface area contributed by atoms with E-state index in [-0.39, 0.29) is 11.4 Å². The fourth-order valence-electron chi connectivity index (χ4n) is 2.15. The van der Waals surface area contributed by atoms with E-state index in [4.69, 9.17) is 0 Å². The molecule has 3 nitrogen and oxygen atoms in total. The summed E-state index contributed by atoms with van der Waals surface area (Å²) in [5.74, 6) is 0.0620. The maximum atomic E-state index is 11.6. The molecule has 0 aromatic heterocycles. The van der Waals surface area contributed by atoms with Crippen molar-refractivity contribution in [3.8, 4) is 0 Å². The minimum atomic E-state index is 0.0620. The van der Waals surface area contributed by atoms with Crippen molar-refractivity contribution in [1.29, 1.82) is 0 Å². The number of hydrogen-bond acceptors (Lipinski definition) is 2. The van der Waals surface area contributed by atoms with Crippen LogP contribution in [0.2, 0.25) is 0 Å². The van der Waals surface area contributed by atoms with E-state index in [2.05, 4.69) is 39.3 Å². The second kappa shape index (κ2) is 5.00. The zero-order chi connectivity index (χ0) is 12.3. The number of hydrogen-bond donors (Lipinski definition) is 0. The molecule has 1 amide bonds. The van der Waals surface area contributed by atoms with E-state index in [1.165, 1.54) is 12.5 Å². The van der Waals surface area contributed by atoms with Gasteiger partial charge in [-0.3, -0.25) is 9.69 Å². The molecule has 0 unspecified atom stereocenters. The topological polar surface area (TPSA) is 23.6 Å². The van der Waals surface area contributed by atoms with E-state index >= 15 is 0 Å². The molecule has 0 aliphatic carbocycles. The Morgan fingerprint density at radius 3 is 2.62 bits per heavy atom. The van der Waals surface area contributed by atoms with Crippen molar-refractivity contribution in [2.24, 2.45) is 0 Å². The molecule has 3 heteroatoms. The molecule has 0 aromatic carbocycles. The van der Waals surface area contributed by atoms with Crippen molar-refractivity contribution in [2.75, 3.05) is 20.1 Å². The van der Waals surface area contributed by atoms with E-state index in [1.54, 1.807) is 0 Å². The lowest BCUT2D eigenvalue weighted by Crippen LogP contribution is -2.53. The predicted molar refractivity (Wildman–Crippen MR) is 67.3 cm³/mol. The van der Waals surface area contributed by atoms with E-state index in [0.29, 0.717) is 6.04 Å². The zero-order valence-corrected chi connectivity index (χ0v) is 11.0. The molecule has 0 spiro atoms. The lowest BCUT2D eigenvalue weighted by atomic mass is 9.98. The molecule has 0 N–H and O–H groups in total. The first-order valence-electron chi connectivity index (χ1n) is 6.00. The van der Waals surface area contributed by atoms with E-state index < -0.39 is 0 Å². The summed E-state index contributed by atoms with van der Waals surface area (Å²) in [6.45, 7) is 11.9. The highest BCUT2D eigenvalue weighted by Crippen LogP contribution is 2.21. The van der Waals surface area contributed by atoms with Gasteiger partial charge in [-0.05, 0) is 46.7 Å². The first-order chi connectivity index (χ1) is 7.36. The van der Waals surface area contributed by atoms with E-state index in [0.717, 1.165) is 19.5 Å². The number of likely N-dealkylation sites (tertiary alicyclic amines) is 1. The predicted octanol–water partition coefficient (Wildman–Crippen LogP) is 1.89. The van der Waals surface area contributed by atoms with E-state index in [9.17, 15) is 4.79 Å². The molecule has 1 aliphatic rings. The highest BCUT2D eigenvalue weighted by molar-refractivity contribution is 5.87. The molecule has 92 valence electrons. The van der Waals surface area contributed by atoms with Crippen LogP contribution in [-0.4, -0.2) is 47.4 Å². The Bertz CT molecular complexity index is 268. The normalized spacial score (nSPS) is 22.3. The third-order valence-electron chi connectivity index (χ3n) is 3.49. The van der Waals surface area contributed by atoms with Crippen molar-refractivity contribution < 1.29 is 4.79 Å². The number of likely N-dealkylation sites (N-methyl/N-ethyl adjacent to an activating group) is 1. The molecule has 1 atom stereocenters. The average Bonchev–Trinajstić information content (AvgIpc) is 2.26. The molecule has 1 fully saturated rings. The molecule has 16 heavy (non-hydrogen) atoms. The maximum Gasteiger partial charge on any atom is 0.246 e. The number of amides is 1. The third kappa shape index (κ3) is 3.08. The van der Waals surface area contributed by atoms with Gasteiger partial charge in [-0.1, -0.05) is 6.58 Å². The Balaban J connectivity index is 2.63. The second-order valence-electron chi connectivity index (χ2n) is 5.57. The average molecular weight is 224 g/mol. The molecule has 1 heterocycles. The summed E-state index contributed by atoms with van der Waals surface area (Å²) in [7, 11) is 2.15. The molecule has 0 bridgehead atoms. The van der Waals surface area contributed by atoms with Gasteiger partial charge in [-0.2, -0.15) is 0 Å². The van der Waals surface area contributed by atoms with Gasteiger partial charge in [0.2, 0.25) is 5.91 Å². The van der Waals surface area contributed by atoms with Crippen LogP contribution in [0, 0.1) is 0 Å². The van der Waals surface area contributed by atoms with Gasteiger partial charge in [0.1, 0.15) is 0 Å². The lowest BCUT2D eigenvalue weighted by molar-refractivity contribution is -0.128. The molecule has 0 radical (unpaired) electrons. The summed E-state index contributed by atoms with van der Waals surface area (Å²) >= 11 is 0. The Morgan fingerprint density at radius 1 is 1.50 bits per heavy atom. The number of piperidine rings is 1. The Hall–Kier alpha value is -0.830. The fourth-order valence-corrected chi connectivity index (χ4v) is 2.15. The summed E-state index contributed by atoms with van der Waals surface area (Å²) in [5.41, 5.74) is 0.158. The summed E-state index contributed by atoms with van der Waals surface area (Å²) < 4.78 is 0. The van der Waals surface area contributed by atoms with Crippen LogP contribution >= 0.6 is 0 Å². The van der Waals surface area contributed by atoms with Gasteiger partial charge >= 0.3 is 0 Å². The highest BCUT2D eigenvalue weighted by atomic mass is 16.2. The lowest BCUT2D eigenvalue weighted by Gasteiger charge is -2.43. The Morgan fingerprint density at radius 2 is 2.12 bits per heavy atom. The van der Waals surface area contributed by atoms with Crippen LogP contribution < -0.4 is 0 Å². The van der Waals surface area contributed by atoms with Crippen molar-refractivity contribution in [3.05, 3.63) is 12.7 Å². The summed E-state index contributed by atoms with van der Waals surface area (Å²) in [6.07, 6.45) is 3.68. The largest absolute Gasteiger partial charge is 0.338 e. The van der Waals surface area contributed by atoms with Crippen LogP contribution in [-0.2, 0) is 4.79 Å². The first-order valence-corrected chi connectivity index (χ1v) is 6.00. The molecule has 1 saturated heterocycles. The number of nitrogens with zero attached hydrogens (tertiary/aromatic N) is 2. The Kier molecular flexibility index (Phi) is 4.14. The zero-order valence-electron chi connectivity index (χ0n) is 11.0. The minimum absolute atomic E-state index is 0.0620. The van der Waals surface area contributed by atoms with Crippen molar-refractivity contribution >= 4 is 5.91 Å². The molecule has 1 rings (SSSR count). The summed E-state index contributed by atoms with van der Waals surface area (Å²) in [5, 5.41) is 0. The van der Waals surface area contributed by atoms with Crippen LogP contribution in [0.3, 0.4) is 0 Å². The van der Waals surface area contributed by atoms with Crippen LogP contribution in [0.5, 0.6) is 0 Å².